The fourth-order valence-electron chi connectivity index (χ4n) is 2.14. The van der Waals surface area contributed by atoms with Crippen LogP contribution in [-0.4, -0.2) is 49.5 Å². The maximum absolute atomic E-state index is 13.1. The molecule has 0 radical (unpaired) electrons. The van der Waals surface area contributed by atoms with Crippen molar-refractivity contribution in [1.82, 2.24) is 19.8 Å². The molecule has 1 aromatic heterocycles. The smallest absolute Gasteiger partial charge is 0.385 e. The lowest BCUT2D eigenvalue weighted by Gasteiger charge is -2.25. The number of nitrogens with zero attached hydrogens (tertiary/aromatic N) is 7. The quantitative estimate of drug-likeness (QED) is 0.746. The van der Waals surface area contributed by atoms with Crippen LogP contribution in [0.2, 0.25) is 0 Å². The third-order valence-corrected chi connectivity index (χ3v) is 3.06. The molecule has 3 rings (SSSR count). The van der Waals surface area contributed by atoms with E-state index >= 15 is 0 Å². The third kappa shape index (κ3) is 2.34. The molecule has 2 N–H and O–H groups in total. The minimum Gasteiger partial charge on any atom is -0.385 e. The molecule has 2 aliphatic heterocycles. The predicted molar refractivity (Wildman–Crippen MR) is 67.6 cm³/mol. The zero-order valence-electron chi connectivity index (χ0n) is 10.9. The van der Waals surface area contributed by atoms with Crippen LogP contribution in [0.1, 0.15) is 19.2 Å². The van der Waals surface area contributed by atoms with Crippen LogP contribution in [0.3, 0.4) is 0 Å². The summed E-state index contributed by atoms with van der Waals surface area (Å²) in [4.78, 5) is 3.95. The standard InChI is InChI=1S/C10H11F3N8/c1-5-2-6(10(11,12)13)20(19-5)9-18-17-7(14)3-8-15-4-16-21(8)9/h4,6H,2-3H2,1H3,(H2,14,17). The van der Waals surface area contributed by atoms with E-state index in [2.05, 4.69) is 25.4 Å². The van der Waals surface area contributed by atoms with Crippen LogP contribution in [0.25, 0.3) is 0 Å². The number of rotatable bonds is 0. The molecule has 3 heterocycles. The van der Waals surface area contributed by atoms with Crippen molar-refractivity contribution in [1.29, 1.82) is 0 Å². The van der Waals surface area contributed by atoms with Gasteiger partial charge in [-0.15, -0.1) is 10.2 Å². The van der Waals surface area contributed by atoms with E-state index in [0.29, 0.717) is 11.5 Å². The van der Waals surface area contributed by atoms with Gasteiger partial charge >= 0.3 is 6.18 Å². The Morgan fingerprint density at radius 3 is 2.81 bits per heavy atom. The first-order valence-electron chi connectivity index (χ1n) is 6.05. The van der Waals surface area contributed by atoms with Crippen molar-refractivity contribution in [2.24, 2.45) is 21.0 Å². The molecule has 2 aliphatic rings. The van der Waals surface area contributed by atoms with Gasteiger partial charge in [-0.25, -0.2) is 9.99 Å². The van der Waals surface area contributed by atoms with Crippen molar-refractivity contribution in [2.75, 3.05) is 0 Å². The second-order valence-electron chi connectivity index (χ2n) is 4.70. The fraction of sp³-hybridized carbons (Fsp3) is 0.500. The number of amidine groups is 1. The van der Waals surface area contributed by atoms with Crippen molar-refractivity contribution < 1.29 is 13.2 Å². The number of halogens is 3. The van der Waals surface area contributed by atoms with E-state index in [9.17, 15) is 13.2 Å². The van der Waals surface area contributed by atoms with Gasteiger partial charge in [0.25, 0.3) is 5.96 Å². The SMILES string of the molecule is CC1=NN(C2=NN=C(N)Cc3ncnn32)C(C(F)(F)F)C1. The molecule has 0 amide bonds. The summed E-state index contributed by atoms with van der Waals surface area (Å²) in [5.41, 5.74) is 5.95. The summed E-state index contributed by atoms with van der Waals surface area (Å²) in [6, 6.07) is -1.80. The number of alkyl halides is 3. The van der Waals surface area contributed by atoms with Crippen molar-refractivity contribution in [3.8, 4) is 0 Å². The number of hydrogen-bond donors (Lipinski definition) is 1. The van der Waals surface area contributed by atoms with E-state index in [1.165, 1.54) is 17.9 Å². The predicted octanol–water partition coefficient (Wildman–Crippen LogP) is 0.323. The molecule has 8 nitrogen and oxygen atoms in total. The molecular formula is C10H11F3N8. The van der Waals surface area contributed by atoms with Gasteiger partial charge in [-0.3, -0.25) is 0 Å². The maximum Gasteiger partial charge on any atom is 0.411 e. The van der Waals surface area contributed by atoms with E-state index in [1.54, 1.807) is 0 Å². The summed E-state index contributed by atoms with van der Waals surface area (Å²) in [5, 5.41) is 16.0. The summed E-state index contributed by atoms with van der Waals surface area (Å²) in [7, 11) is 0. The molecule has 1 atom stereocenters. The number of hydrazone groups is 1. The lowest BCUT2D eigenvalue weighted by Crippen LogP contribution is -2.46. The Hall–Kier alpha value is -2.46. The first kappa shape index (κ1) is 13.5. The van der Waals surface area contributed by atoms with Crippen molar-refractivity contribution in [3.05, 3.63) is 12.2 Å². The second-order valence-corrected chi connectivity index (χ2v) is 4.70. The van der Waals surface area contributed by atoms with Gasteiger partial charge in [0, 0.05) is 12.1 Å². The Kier molecular flexibility index (Phi) is 2.92. The van der Waals surface area contributed by atoms with Gasteiger partial charge in [-0.2, -0.15) is 28.1 Å². The first-order valence-corrected chi connectivity index (χ1v) is 6.05. The van der Waals surface area contributed by atoms with Gasteiger partial charge in [0.2, 0.25) is 0 Å². The number of hydrogen-bond acceptors (Lipinski definition) is 7. The van der Waals surface area contributed by atoms with E-state index in [1.807, 2.05) is 0 Å². The van der Waals surface area contributed by atoms with Gasteiger partial charge in [0.05, 0.1) is 6.42 Å². The van der Waals surface area contributed by atoms with E-state index in [4.69, 9.17) is 5.73 Å². The molecule has 0 saturated carbocycles. The van der Waals surface area contributed by atoms with Crippen LogP contribution in [0, 0.1) is 0 Å². The van der Waals surface area contributed by atoms with Gasteiger partial charge in [-0.05, 0) is 6.92 Å². The summed E-state index contributed by atoms with van der Waals surface area (Å²) in [6.07, 6.45) is -3.31. The van der Waals surface area contributed by atoms with Crippen molar-refractivity contribution >= 4 is 17.5 Å². The number of aromatic nitrogens is 3. The van der Waals surface area contributed by atoms with Crippen LogP contribution in [-0.2, 0) is 6.42 Å². The molecular weight excluding hydrogens is 289 g/mol. The largest absolute Gasteiger partial charge is 0.411 e. The topological polar surface area (TPSA) is 97.1 Å². The lowest BCUT2D eigenvalue weighted by atomic mass is 10.1. The highest BCUT2D eigenvalue weighted by atomic mass is 19.4. The molecule has 0 aliphatic carbocycles. The van der Waals surface area contributed by atoms with E-state index < -0.39 is 12.2 Å². The first-order chi connectivity index (χ1) is 9.86. The normalized spacial score (nSPS) is 22.4. The van der Waals surface area contributed by atoms with Crippen LogP contribution >= 0.6 is 0 Å². The molecule has 11 heteroatoms. The van der Waals surface area contributed by atoms with Gasteiger partial charge in [0.15, 0.2) is 6.04 Å². The minimum atomic E-state index is -4.45. The molecule has 21 heavy (non-hydrogen) atoms. The van der Waals surface area contributed by atoms with Gasteiger partial charge < -0.3 is 5.73 Å². The lowest BCUT2D eigenvalue weighted by molar-refractivity contribution is -0.169. The highest BCUT2D eigenvalue weighted by Crippen LogP contribution is 2.32. The second kappa shape index (κ2) is 4.53. The average molecular weight is 300 g/mol. The zero-order valence-corrected chi connectivity index (χ0v) is 10.9. The van der Waals surface area contributed by atoms with E-state index in [0.717, 1.165) is 5.01 Å². The number of nitrogens with two attached hydrogens (primary N) is 1. The van der Waals surface area contributed by atoms with Gasteiger partial charge in [0.1, 0.15) is 18.0 Å². The highest BCUT2D eigenvalue weighted by Gasteiger charge is 2.49. The Morgan fingerprint density at radius 2 is 2.10 bits per heavy atom. The molecule has 0 saturated heterocycles. The van der Waals surface area contributed by atoms with Crippen LogP contribution < -0.4 is 5.73 Å². The Morgan fingerprint density at radius 1 is 1.33 bits per heavy atom. The van der Waals surface area contributed by atoms with Crippen molar-refractivity contribution in [3.63, 3.8) is 0 Å². The monoisotopic (exact) mass is 300 g/mol. The average Bonchev–Trinajstić information content (AvgIpc) is 2.94. The van der Waals surface area contributed by atoms with E-state index in [-0.39, 0.29) is 24.6 Å². The minimum absolute atomic E-state index is 0.141. The summed E-state index contributed by atoms with van der Waals surface area (Å²) in [5.74, 6) is 0.331. The Bertz CT molecular complexity index is 656. The van der Waals surface area contributed by atoms with Crippen LogP contribution in [0.4, 0.5) is 13.2 Å². The number of fused-ring (bicyclic) bond motifs is 1. The fourth-order valence-corrected chi connectivity index (χ4v) is 2.14. The Labute approximate surface area is 116 Å². The van der Waals surface area contributed by atoms with Crippen molar-refractivity contribution in [2.45, 2.75) is 32.0 Å². The van der Waals surface area contributed by atoms with Crippen LogP contribution in [0.15, 0.2) is 21.6 Å². The summed E-state index contributed by atoms with van der Waals surface area (Å²) < 4.78 is 40.6. The summed E-state index contributed by atoms with van der Waals surface area (Å²) >= 11 is 0. The molecule has 0 spiro atoms. The molecule has 112 valence electrons. The van der Waals surface area contributed by atoms with Crippen LogP contribution in [0.5, 0.6) is 0 Å². The highest BCUT2D eigenvalue weighted by molar-refractivity contribution is 5.92. The third-order valence-electron chi connectivity index (χ3n) is 3.06. The maximum atomic E-state index is 13.1. The molecule has 1 unspecified atom stereocenters. The molecule has 1 aromatic rings. The summed E-state index contributed by atoms with van der Waals surface area (Å²) in [6.45, 7) is 1.52. The Balaban J connectivity index is 2.07. The molecule has 0 aromatic carbocycles. The molecule has 0 fully saturated rings. The molecule has 0 bridgehead atoms. The van der Waals surface area contributed by atoms with Gasteiger partial charge in [-0.1, -0.05) is 0 Å². The zero-order chi connectivity index (χ0) is 15.2.